The highest BCUT2D eigenvalue weighted by Gasteiger charge is 2.44. The molecule has 0 N–H and O–H groups in total. The summed E-state index contributed by atoms with van der Waals surface area (Å²) in [5, 5.41) is 0. The molecule has 0 spiro atoms. The third-order valence-corrected chi connectivity index (χ3v) is 2.96. The van der Waals surface area contributed by atoms with Gasteiger partial charge in [-0.2, -0.15) is 0 Å². The van der Waals surface area contributed by atoms with Gasteiger partial charge in [0.1, 0.15) is 6.29 Å². The molecule has 1 heteroatoms. The smallest absolute Gasteiger partial charge is 0.142 e. The SMILES string of the molecule is CC(=CC=O)CC[C@H]1CC1(C)C. The molecule has 0 aromatic carbocycles. The number of aldehydes is 1. The van der Waals surface area contributed by atoms with Gasteiger partial charge in [-0.15, -0.1) is 0 Å². The fraction of sp³-hybridized carbons (Fsp3) is 0.727. The Morgan fingerprint density at radius 3 is 2.58 bits per heavy atom. The maximum absolute atomic E-state index is 10.1. The van der Waals surface area contributed by atoms with Crippen molar-refractivity contribution in [1.82, 2.24) is 0 Å². The summed E-state index contributed by atoms with van der Waals surface area (Å²) in [5.41, 5.74) is 1.80. The van der Waals surface area contributed by atoms with Gasteiger partial charge in [0.2, 0.25) is 0 Å². The third kappa shape index (κ3) is 2.47. The second-order valence-electron chi connectivity index (χ2n) is 4.58. The summed E-state index contributed by atoms with van der Waals surface area (Å²) in [7, 11) is 0. The van der Waals surface area contributed by atoms with E-state index in [4.69, 9.17) is 0 Å². The molecule has 1 aliphatic rings. The summed E-state index contributed by atoms with van der Waals surface area (Å²) in [6, 6.07) is 0. The molecule has 1 rings (SSSR count). The second-order valence-corrected chi connectivity index (χ2v) is 4.58. The van der Waals surface area contributed by atoms with Gasteiger partial charge in [0.05, 0.1) is 0 Å². The van der Waals surface area contributed by atoms with E-state index in [9.17, 15) is 4.79 Å². The van der Waals surface area contributed by atoms with Crippen molar-refractivity contribution in [2.45, 2.75) is 40.0 Å². The van der Waals surface area contributed by atoms with E-state index in [1.165, 1.54) is 18.4 Å². The van der Waals surface area contributed by atoms with Crippen LogP contribution in [-0.4, -0.2) is 6.29 Å². The Morgan fingerprint density at radius 1 is 1.58 bits per heavy atom. The van der Waals surface area contributed by atoms with Crippen LogP contribution in [0, 0.1) is 11.3 Å². The molecule has 0 amide bonds. The maximum Gasteiger partial charge on any atom is 0.142 e. The molecule has 1 atom stereocenters. The zero-order valence-corrected chi connectivity index (χ0v) is 8.26. The Bertz CT molecular complexity index is 201. The van der Waals surface area contributed by atoms with Gasteiger partial charge in [-0.05, 0) is 43.6 Å². The first-order valence-electron chi connectivity index (χ1n) is 4.67. The van der Waals surface area contributed by atoms with Crippen molar-refractivity contribution in [1.29, 1.82) is 0 Å². The molecule has 0 heterocycles. The molecule has 0 unspecified atom stereocenters. The molecule has 1 nitrogen and oxygen atoms in total. The van der Waals surface area contributed by atoms with Crippen LogP contribution in [0.5, 0.6) is 0 Å². The average Bonchev–Trinajstić information content (AvgIpc) is 2.56. The van der Waals surface area contributed by atoms with Crippen molar-refractivity contribution in [3.8, 4) is 0 Å². The highest BCUT2D eigenvalue weighted by molar-refractivity contribution is 5.65. The van der Waals surface area contributed by atoms with E-state index in [2.05, 4.69) is 13.8 Å². The first kappa shape index (κ1) is 9.50. The Kier molecular flexibility index (Phi) is 2.71. The third-order valence-electron chi connectivity index (χ3n) is 2.96. The largest absolute Gasteiger partial charge is 0.299 e. The molecule has 0 aliphatic heterocycles. The molecule has 12 heavy (non-hydrogen) atoms. The van der Waals surface area contributed by atoms with Crippen LogP contribution in [0.4, 0.5) is 0 Å². The summed E-state index contributed by atoms with van der Waals surface area (Å²) in [5.74, 6) is 0.896. The van der Waals surface area contributed by atoms with Gasteiger partial charge >= 0.3 is 0 Å². The van der Waals surface area contributed by atoms with Gasteiger partial charge in [0.15, 0.2) is 0 Å². The van der Waals surface area contributed by atoms with Crippen LogP contribution in [0.25, 0.3) is 0 Å². The summed E-state index contributed by atoms with van der Waals surface area (Å²) in [6.07, 6.45) is 6.26. The van der Waals surface area contributed by atoms with E-state index < -0.39 is 0 Å². The molecule has 0 saturated heterocycles. The summed E-state index contributed by atoms with van der Waals surface area (Å²) >= 11 is 0. The monoisotopic (exact) mass is 166 g/mol. The van der Waals surface area contributed by atoms with Crippen LogP contribution >= 0.6 is 0 Å². The zero-order valence-electron chi connectivity index (χ0n) is 8.26. The Morgan fingerprint density at radius 2 is 2.17 bits per heavy atom. The van der Waals surface area contributed by atoms with E-state index in [0.717, 1.165) is 18.6 Å². The lowest BCUT2D eigenvalue weighted by Gasteiger charge is -2.02. The fourth-order valence-corrected chi connectivity index (χ4v) is 1.67. The van der Waals surface area contributed by atoms with Crippen LogP contribution in [0.3, 0.4) is 0 Å². The molecule has 0 aromatic rings. The molecule has 1 saturated carbocycles. The Labute approximate surface area is 74.9 Å². The van der Waals surface area contributed by atoms with E-state index >= 15 is 0 Å². The highest BCUT2D eigenvalue weighted by Crippen LogP contribution is 2.54. The molecule has 0 bridgehead atoms. The number of allylic oxidation sites excluding steroid dienone is 2. The minimum atomic E-state index is 0.585. The number of rotatable bonds is 4. The van der Waals surface area contributed by atoms with Crippen molar-refractivity contribution < 1.29 is 4.79 Å². The minimum Gasteiger partial charge on any atom is -0.299 e. The van der Waals surface area contributed by atoms with E-state index in [1.807, 2.05) is 6.92 Å². The standard InChI is InChI=1S/C11H18O/c1-9(6-7-12)4-5-10-8-11(10,2)3/h6-7,10H,4-5,8H2,1-3H3/t10-/m0/s1. The predicted molar refractivity (Wildman–Crippen MR) is 50.9 cm³/mol. The van der Waals surface area contributed by atoms with Gasteiger partial charge < -0.3 is 0 Å². The van der Waals surface area contributed by atoms with Crippen molar-refractivity contribution in [2.24, 2.45) is 11.3 Å². The van der Waals surface area contributed by atoms with Gasteiger partial charge in [0, 0.05) is 0 Å². The lowest BCUT2D eigenvalue weighted by atomic mass is 10.0. The predicted octanol–water partition coefficient (Wildman–Crippen LogP) is 2.96. The fourth-order valence-electron chi connectivity index (χ4n) is 1.67. The molecule has 68 valence electrons. The van der Waals surface area contributed by atoms with E-state index in [1.54, 1.807) is 6.08 Å². The number of carbonyl (C=O) groups excluding carboxylic acids is 1. The normalized spacial score (nSPS) is 26.9. The molecule has 0 aromatic heterocycles. The molecule has 1 fully saturated rings. The van der Waals surface area contributed by atoms with Gasteiger partial charge in [-0.3, -0.25) is 4.79 Å². The first-order chi connectivity index (χ1) is 5.56. The summed E-state index contributed by atoms with van der Waals surface area (Å²) < 4.78 is 0. The lowest BCUT2D eigenvalue weighted by Crippen LogP contribution is -1.90. The van der Waals surface area contributed by atoms with Crippen LogP contribution in [-0.2, 0) is 4.79 Å². The quantitative estimate of drug-likeness (QED) is 0.463. The van der Waals surface area contributed by atoms with E-state index in [0.29, 0.717) is 5.41 Å². The average molecular weight is 166 g/mol. The van der Waals surface area contributed by atoms with Gasteiger partial charge in [-0.1, -0.05) is 19.4 Å². The second kappa shape index (κ2) is 3.42. The van der Waals surface area contributed by atoms with Crippen molar-refractivity contribution >= 4 is 6.29 Å². The van der Waals surface area contributed by atoms with Crippen LogP contribution in [0.15, 0.2) is 11.6 Å². The highest BCUT2D eigenvalue weighted by atomic mass is 16.1. The summed E-state index contributed by atoms with van der Waals surface area (Å²) in [4.78, 5) is 10.1. The Balaban J connectivity index is 2.19. The molecular weight excluding hydrogens is 148 g/mol. The first-order valence-corrected chi connectivity index (χ1v) is 4.67. The van der Waals surface area contributed by atoms with Crippen molar-refractivity contribution in [3.63, 3.8) is 0 Å². The number of hydrogen-bond donors (Lipinski definition) is 0. The van der Waals surface area contributed by atoms with E-state index in [-0.39, 0.29) is 0 Å². The topological polar surface area (TPSA) is 17.1 Å². The molecular formula is C11H18O. The zero-order chi connectivity index (χ0) is 9.19. The van der Waals surface area contributed by atoms with Crippen molar-refractivity contribution in [2.75, 3.05) is 0 Å². The van der Waals surface area contributed by atoms with Crippen LogP contribution in [0.1, 0.15) is 40.0 Å². The minimum absolute atomic E-state index is 0.585. The maximum atomic E-state index is 10.1. The number of carbonyl (C=O) groups is 1. The molecule has 1 aliphatic carbocycles. The van der Waals surface area contributed by atoms with Gasteiger partial charge in [0.25, 0.3) is 0 Å². The molecule has 0 radical (unpaired) electrons. The Hall–Kier alpha value is -0.590. The van der Waals surface area contributed by atoms with Crippen LogP contribution < -0.4 is 0 Å². The van der Waals surface area contributed by atoms with Crippen molar-refractivity contribution in [3.05, 3.63) is 11.6 Å². The van der Waals surface area contributed by atoms with Gasteiger partial charge in [-0.25, -0.2) is 0 Å². The van der Waals surface area contributed by atoms with Crippen LogP contribution in [0.2, 0.25) is 0 Å². The summed E-state index contributed by atoms with van der Waals surface area (Å²) in [6.45, 7) is 6.66. The number of hydrogen-bond acceptors (Lipinski definition) is 1. The lowest BCUT2D eigenvalue weighted by molar-refractivity contribution is -0.104.